The van der Waals surface area contributed by atoms with E-state index in [0.29, 0.717) is 11.1 Å². The highest BCUT2D eigenvalue weighted by Gasteiger charge is 2.37. The third-order valence-electron chi connectivity index (χ3n) is 2.90. The molecule has 2 aromatic heterocycles. The number of carbonyl (C=O) groups excluding carboxylic acids is 1. The Morgan fingerprint density at radius 1 is 1.25 bits per heavy atom. The van der Waals surface area contributed by atoms with Crippen LogP contribution in [0.4, 0.5) is 13.2 Å². The first-order valence-electron chi connectivity index (χ1n) is 6.41. The molecule has 0 N–H and O–H groups in total. The van der Waals surface area contributed by atoms with E-state index < -0.39 is 23.2 Å². The van der Waals surface area contributed by atoms with E-state index in [2.05, 4.69) is 14.8 Å². The Bertz CT molecular complexity index is 738. The molecule has 0 aromatic carbocycles. The number of hydroxylamine groups is 2. The van der Waals surface area contributed by atoms with Crippen molar-refractivity contribution in [1.29, 1.82) is 0 Å². The van der Waals surface area contributed by atoms with Crippen molar-refractivity contribution in [2.75, 3.05) is 14.2 Å². The quantitative estimate of drug-likeness (QED) is 0.615. The van der Waals surface area contributed by atoms with Gasteiger partial charge in [-0.15, -0.1) is 0 Å². The van der Waals surface area contributed by atoms with Crippen molar-refractivity contribution < 1.29 is 27.5 Å². The molecule has 0 bridgehead atoms. The van der Waals surface area contributed by atoms with Crippen molar-refractivity contribution in [2.45, 2.75) is 6.18 Å². The number of ether oxygens (including phenoxy) is 1. The van der Waals surface area contributed by atoms with E-state index in [1.807, 2.05) is 0 Å². The van der Waals surface area contributed by atoms with Crippen LogP contribution in [0.1, 0.15) is 15.9 Å². The highest BCUT2D eigenvalue weighted by atomic mass is 35.5. The first-order chi connectivity index (χ1) is 11.2. The molecule has 0 aliphatic rings. The zero-order valence-corrected chi connectivity index (χ0v) is 13.2. The Hall–Kier alpha value is -2.39. The van der Waals surface area contributed by atoms with Crippen molar-refractivity contribution >= 4 is 17.5 Å². The summed E-state index contributed by atoms with van der Waals surface area (Å²) in [4.78, 5) is 24.0. The van der Waals surface area contributed by atoms with Crippen molar-refractivity contribution in [1.82, 2.24) is 15.0 Å². The standard InChI is InChI=1S/C14H11ClF3N3O3/c1-21(23-2)13(22)9-7-20-12(5-10(9)14(16,17)18)24-8-3-4-11(15)19-6-8/h3-7H,1-2H3. The number of aromatic nitrogens is 2. The summed E-state index contributed by atoms with van der Waals surface area (Å²) >= 11 is 5.61. The molecule has 10 heteroatoms. The fourth-order valence-electron chi connectivity index (χ4n) is 1.69. The number of pyridine rings is 2. The second kappa shape index (κ2) is 7.02. The van der Waals surface area contributed by atoms with Crippen LogP contribution >= 0.6 is 11.6 Å². The number of halogens is 4. The van der Waals surface area contributed by atoms with Crippen LogP contribution in [-0.4, -0.2) is 35.1 Å². The van der Waals surface area contributed by atoms with Gasteiger partial charge < -0.3 is 4.74 Å². The van der Waals surface area contributed by atoms with Gasteiger partial charge in [-0.05, 0) is 12.1 Å². The fourth-order valence-corrected chi connectivity index (χ4v) is 1.80. The first-order valence-corrected chi connectivity index (χ1v) is 6.79. The summed E-state index contributed by atoms with van der Waals surface area (Å²) in [6, 6.07) is 3.46. The van der Waals surface area contributed by atoms with Crippen LogP contribution in [0.5, 0.6) is 11.6 Å². The summed E-state index contributed by atoms with van der Waals surface area (Å²) in [5.74, 6) is -1.19. The Balaban J connectivity index is 2.39. The Labute approximate surface area is 139 Å². The minimum atomic E-state index is -4.78. The van der Waals surface area contributed by atoms with Gasteiger partial charge in [0, 0.05) is 19.3 Å². The minimum absolute atomic E-state index is 0.146. The Kier molecular flexibility index (Phi) is 5.25. The number of hydrogen-bond donors (Lipinski definition) is 0. The molecule has 2 heterocycles. The first kappa shape index (κ1) is 18.0. The van der Waals surface area contributed by atoms with E-state index >= 15 is 0 Å². The maximum absolute atomic E-state index is 13.2. The van der Waals surface area contributed by atoms with Crippen LogP contribution in [0.15, 0.2) is 30.6 Å². The van der Waals surface area contributed by atoms with Gasteiger partial charge in [0.2, 0.25) is 5.88 Å². The van der Waals surface area contributed by atoms with Gasteiger partial charge in [-0.1, -0.05) is 11.6 Å². The van der Waals surface area contributed by atoms with E-state index in [4.69, 9.17) is 16.3 Å². The summed E-state index contributed by atoms with van der Waals surface area (Å²) in [6.07, 6.45) is -2.77. The van der Waals surface area contributed by atoms with Gasteiger partial charge >= 0.3 is 6.18 Å². The van der Waals surface area contributed by atoms with Gasteiger partial charge in [-0.25, -0.2) is 15.0 Å². The maximum Gasteiger partial charge on any atom is 0.417 e. The summed E-state index contributed by atoms with van der Waals surface area (Å²) in [5.41, 5.74) is -1.85. The lowest BCUT2D eigenvalue weighted by molar-refractivity contribution is -0.138. The normalized spacial score (nSPS) is 11.2. The highest BCUT2D eigenvalue weighted by Crippen LogP contribution is 2.35. The summed E-state index contributed by atoms with van der Waals surface area (Å²) in [6.45, 7) is 0. The smallest absolute Gasteiger partial charge is 0.417 e. The van der Waals surface area contributed by atoms with Crippen LogP contribution in [0.25, 0.3) is 0 Å². The molecule has 0 radical (unpaired) electrons. The second-order valence-electron chi connectivity index (χ2n) is 4.47. The third-order valence-corrected chi connectivity index (χ3v) is 3.12. The molecule has 0 unspecified atom stereocenters. The molecule has 1 amide bonds. The fraction of sp³-hybridized carbons (Fsp3) is 0.214. The van der Waals surface area contributed by atoms with Gasteiger partial charge in [0.05, 0.1) is 24.4 Å². The van der Waals surface area contributed by atoms with Gasteiger partial charge in [-0.3, -0.25) is 9.63 Å². The van der Waals surface area contributed by atoms with Crippen LogP contribution in [0.2, 0.25) is 5.15 Å². The Morgan fingerprint density at radius 2 is 1.96 bits per heavy atom. The predicted molar refractivity (Wildman–Crippen MR) is 77.7 cm³/mol. The molecule has 2 aromatic rings. The van der Waals surface area contributed by atoms with E-state index in [-0.39, 0.29) is 16.8 Å². The summed E-state index contributed by atoms with van der Waals surface area (Å²) < 4.78 is 44.9. The van der Waals surface area contributed by atoms with Gasteiger partial charge in [0.15, 0.2) is 0 Å². The molecule has 0 saturated carbocycles. The van der Waals surface area contributed by atoms with E-state index in [1.54, 1.807) is 0 Å². The van der Waals surface area contributed by atoms with Crippen molar-refractivity contribution in [3.05, 3.63) is 46.9 Å². The number of carbonyl (C=O) groups is 1. The van der Waals surface area contributed by atoms with Gasteiger partial charge in [0.25, 0.3) is 5.91 Å². The van der Waals surface area contributed by atoms with E-state index in [9.17, 15) is 18.0 Å². The average molecular weight is 362 g/mol. The van der Waals surface area contributed by atoms with E-state index in [0.717, 1.165) is 13.3 Å². The van der Waals surface area contributed by atoms with Crippen LogP contribution in [0.3, 0.4) is 0 Å². The number of amides is 1. The number of hydrogen-bond acceptors (Lipinski definition) is 5. The molecule has 2 rings (SSSR count). The SMILES string of the molecule is CON(C)C(=O)c1cnc(Oc2ccc(Cl)nc2)cc1C(F)(F)F. The minimum Gasteiger partial charge on any atom is -0.437 e. The lowest BCUT2D eigenvalue weighted by Crippen LogP contribution is -2.28. The van der Waals surface area contributed by atoms with Crippen LogP contribution in [-0.2, 0) is 11.0 Å². The lowest BCUT2D eigenvalue weighted by atomic mass is 10.1. The van der Waals surface area contributed by atoms with Crippen LogP contribution in [0, 0.1) is 0 Å². The molecule has 6 nitrogen and oxygen atoms in total. The number of alkyl halides is 3. The largest absolute Gasteiger partial charge is 0.437 e. The highest BCUT2D eigenvalue weighted by molar-refractivity contribution is 6.29. The van der Waals surface area contributed by atoms with Crippen molar-refractivity contribution in [3.8, 4) is 11.6 Å². The van der Waals surface area contributed by atoms with E-state index in [1.165, 1.54) is 25.4 Å². The molecule has 0 atom stereocenters. The second-order valence-corrected chi connectivity index (χ2v) is 4.86. The van der Waals surface area contributed by atoms with Crippen LogP contribution < -0.4 is 4.74 Å². The molecule has 0 fully saturated rings. The average Bonchev–Trinajstić information content (AvgIpc) is 2.54. The molecule has 0 saturated heterocycles. The van der Waals surface area contributed by atoms with Gasteiger partial charge in [0.1, 0.15) is 10.9 Å². The number of nitrogens with zero attached hydrogens (tertiary/aromatic N) is 3. The third kappa shape index (κ3) is 4.12. The molecule has 24 heavy (non-hydrogen) atoms. The predicted octanol–water partition coefficient (Wildman–Crippen LogP) is 3.57. The Morgan fingerprint density at radius 3 is 2.50 bits per heavy atom. The summed E-state index contributed by atoms with van der Waals surface area (Å²) in [5, 5.41) is 0.866. The molecule has 0 spiro atoms. The molecule has 0 aliphatic heterocycles. The zero-order valence-electron chi connectivity index (χ0n) is 12.5. The monoisotopic (exact) mass is 361 g/mol. The molecular formula is C14H11ClF3N3O3. The topological polar surface area (TPSA) is 64.5 Å². The van der Waals surface area contributed by atoms with Crippen molar-refractivity contribution in [3.63, 3.8) is 0 Å². The number of rotatable bonds is 4. The molecule has 0 aliphatic carbocycles. The van der Waals surface area contributed by atoms with Gasteiger partial charge in [-0.2, -0.15) is 13.2 Å². The maximum atomic E-state index is 13.2. The summed E-state index contributed by atoms with van der Waals surface area (Å²) in [7, 11) is 2.34. The molecule has 128 valence electrons. The van der Waals surface area contributed by atoms with Crippen molar-refractivity contribution in [2.24, 2.45) is 0 Å². The lowest BCUT2D eigenvalue weighted by Gasteiger charge is -2.17. The molecular weight excluding hydrogens is 351 g/mol. The zero-order chi connectivity index (χ0) is 17.9.